The van der Waals surface area contributed by atoms with Crippen LogP contribution < -0.4 is 0 Å². The molecule has 0 aromatic carbocycles. The molecular formula is C17H30O2. The van der Waals surface area contributed by atoms with Gasteiger partial charge in [0, 0.05) is 6.42 Å². The largest absolute Gasteiger partial charge is 0.389 e. The molecule has 1 fully saturated rings. The zero-order chi connectivity index (χ0) is 13.9. The van der Waals surface area contributed by atoms with Crippen molar-refractivity contribution in [3.05, 3.63) is 11.6 Å². The summed E-state index contributed by atoms with van der Waals surface area (Å²) in [6.45, 7) is 2.24. The van der Waals surface area contributed by atoms with Gasteiger partial charge in [0.2, 0.25) is 0 Å². The summed E-state index contributed by atoms with van der Waals surface area (Å²) in [5.41, 5.74) is 0.868. The fourth-order valence-corrected chi connectivity index (χ4v) is 2.72. The topological polar surface area (TPSA) is 37.3 Å². The quantitative estimate of drug-likeness (QED) is 0.465. The lowest BCUT2D eigenvalue weighted by atomic mass is 10.0. The van der Waals surface area contributed by atoms with Crippen molar-refractivity contribution in [3.8, 4) is 0 Å². The minimum Gasteiger partial charge on any atom is -0.389 e. The minimum absolute atomic E-state index is 0.245. The molecule has 0 aliphatic heterocycles. The zero-order valence-electron chi connectivity index (χ0n) is 12.5. The monoisotopic (exact) mass is 266 g/mol. The predicted molar refractivity (Wildman–Crippen MR) is 80.2 cm³/mol. The van der Waals surface area contributed by atoms with Gasteiger partial charge in [-0.1, -0.05) is 58.3 Å². The van der Waals surface area contributed by atoms with Crippen LogP contribution in [-0.2, 0) is 4.79 Å². The standard InChI is InChI=1S/C17H30O2/c1-2-3-4-5-6-7-8-9-12-16(18)14-15-11-10-13-17(15)19/h14,16,18H,2-13H2,1H3/b15-14-. The number of allylic oxidation sites excluding steroid dienone is 1. The summed E-state index contributed by atoms with van der Waals surface area (Å²) in [5.74, 6) is 0.245. The summed E-state index contributed by atoms with van der Waals surface area (Å²) in [4.78, 5) is 11.4. The molecule has 2 heteroatoms. The van der Waals surface area contributed by atoms with Crippen LogP contribution in [0.2, 0.25) is 0 Å². The first-order chi connectivity index (χ1) is 9.24. The second-order valence-electron chi connectivity index (χ2n) is 5.80. The molecule has 1 atom stereocenters. The van der Waals surface area contributed by atoms with E-state index in [1.165, 1.54) is 44.9 Å². The number of aliphatic hydroxyl groups is 1. The van der Waals surface area contributed by atoms with Crippen LogP contribution in [0.25, 0.3) is 0 Å². The van der Waals surface area contributed by atoms with Crippen LogP contribution in [0.5, 0.6) is 0 Å². The Kier molecular flexibility index (Phi) is 8.81. The number of ketones is 1. The predicted octanol–water partition coefficient (Wildman–Crippen LogP) is 4.56. The SMILES string of the molecule is CCCCCCCCCCC(O)/C=C1/CCCC1=O. The first kappa shape index (κ1) is 16.4. The number of hydrogen-bond acceptors (Lipinski definition) is 2. The summed E-state index contributed by atoms with van der Waals surface area (Å²) in [7, 11) is 0. The molecular weight excluding hydrogens is 236 g/mol. The van der Waals surface area contributed by atoms with E-state index in [2.05, 4.69) is 6.92 Å². The molecule has 19 heavy (non-hydrogen) atoms. The molecule has 0 aromatic heterocycles. The Hall–Kier alpha value is -0.630. The van der Waals surface area contributed by atoms with Gasteiger partial charge in [-0.25, -0.2) is 0 Å². The highest BCUT2D eigenvalue weighted by atomic mass is 16.3. The summed E-state index contributed by atoms with van der Waals surface area (Å²) < 4.78 is 0. The molecule has 1 N–H and O–H groups in total. The van der Waals surface area contributed by atoms with Crippen LogP contribution in [-0.4, -0.2) is 17.0 Å². The number of carbonyl (C=O) groups excluding carboxylic acids is 1. The van der Waals surface area contributed by atoms with Gasteiger partial charge in [0.25, 0.3) is 0 Å². The van der Waals surface area contributed by atoms with Gasteiger partial charge in [0.05, 0.1) is 6.10 Å². The van der Waals surface area contributed by atoms with E-state index in [0.29, 0.717) is 6.42 Å². The van der Waals surface area contributed by atoms with E-state index >= 15 is 0 Å². The van der Waals surface area contributed by atoms with Crippen molar-refractivity contribution in [2.24, 2.45) is 0 Å². The van der Waals surface area contributed by atoms with Gasteiger partial charge in [0.1, 0.15) is 0 Å². The number of rotatable bonds is 10. The Bertz CT molecular complexity index is 281. The lowest BCUT2D eigenvalue weighted by molar-refractivity contribution is -0.114. The van der Waals surface area contributed by atoms with Crippen molar-refractivity contribution in [1.82, 2.24) is 0 Å². The second kappa shape index (κ2) is 10.2. The highest BCUT2D eigenvalue weighted by Crippen LogP contribution is 2.21. The highest BCUT2D eigenvalue weighted by molar-refractivity contribution is 5.97. The van der Waals surface area contributed by atoms with Crippen LogP contribution in [0, 0.1) is 0 Å². The molecule has 0 amide bonds. The summed E-state index contributed by atoms with van der Waals surface area (Å²) in [6, 6.07) is 0. The summed E-state index contributed by atoms with van der Waals surface area (Å²) in [5, 5.41) is 9.87. The third kappa shape index (κ3) is 7.51. The van der Waals surface area contributed by atoms with Gasteiger partial charge in [-0.2, -0.15) is 0 Å². The van der Waals surface area contributed by atoms with Gasteiger partial charge in [-0.05, 0) is 30.9 Å². The number of Topliss-reactive ketones (excluding diaryl/α,β-unsaturated/α-hetero) is 1. The molecule has 0 spiro atoms. The van der Waals surface area contributed by atoms with Crippen molar-refractivity contribution < 1.29 is 9.90 Å². The first-order valence-electron chi connectivity index (χ1n) is 8.16. The van der Waals surface area contributed by atoms with Crippen molar-refractivity contribution in [2.75, 3.05) is 0 Å². The maximum absolute atomic E-state index is 11.4. The Morgan fingerprint density at radius 3 is 2.26 bits per heavy atom. The zero-order valence-corrected chi connectivity index (χ0v) is 12.5. The molecule has 1 aliphatic rings. The van der Waals surface area contributed by atoms with E-state index in [4.69, 9.17) is 0 Å². The van der Waals surface area contributed by atoms with Crippen molar-refractivity contribution >= 4 is 5.78 Å². The van der Waals surface area contributed by atoms with Gasteiger partial charge in [0.15, 0.2) is 5.78 Å². The lowest BCUT2D eigenvalue weighted by Crippen LogP contribution is -2.05. The molecule has 1 aliphatic carbocycles. The average Bonchev–Trinajstić information content (AvgIpc) is 2.78. The van der Waals surface area contributed by atoms with E-state index in [-0.39, 0.29) is 5.78 Å². The van der Waals surface area contributed by atoms with Crippen LogP contribution in [0.4, 0.5) is 0 Å². The van der Waals surface area contributed by atoms with Crippen LogP contribution in [0.3, 0.4) is 0 Å². The first-order valence-corrected chi connectivity index (χ1v) is 8.16. The van der Waals surface area contributed by atoms with Crippen LogP contribution in [0.15, 0.2) is 11.6 Å². The number of carbonyl (C=O) groups is 1. The molecule has 0 radical (unpaired) electrons. The Morgan fingerprint density at radius 2 is 1.68 bits per heavy atom. The van der Waals surface area contributed by atoms with E-state index < -0.39 is 6.10 Å². The van der Waals surface area contributed by atoms with Gasteiger partial charge in [-0.3, -0.25) is 4.79 Å². The lowest BCUT2D eigenvalue weighted by Gasteiger charge is -2.07. The van der Waals surface area contributed by atoms with Crippen molar-refractivity contribution in [2.45, 2.75) is 90.1 Å². The Labute approximate surface area is 118 Å². The van der Waals surface area contributed by atoms with Crippen molar-refractivity contribution in [3.63, 3.8) is 0 Å². The van der Waals surface area contributed by atoms with Gasteiger partial charge in [-0.15, -0.1) is 0 Å². The van der Waals surface area contributed by atoms with Gasteiger partial charge < -0.3 is 5.11 Å². The van der Waals surface area contributed by atoms with E-state index in [0.717, 1.165) is 31.3 Å². The van der Waals surface area contributed by atoms with Crippen LogP contribution in [0.1, 0.15) is 84.0 Å². The van der Waals surface area contributed by atoms with Gasteiger partial charge >= 0.3 is 0 Å². The fraction of sp³-hybridized carbons (Fsp3) is 0.824. The maximum Gasteiger partial charge on any atom is 0.158 e. The molecule has 2 nitrogen and oxygen atoms in total. The highest BCUT2D eigenvalue weighted by Gasteiger charge is 2.17. The number of unbranched alkanes of at least 4 members (excludes halogenated alkanes) is 7. The number of aliphatic hydroxyl groups excluding tert-OH is 1. The molecule has 1 unspecified atom stereocenters. The van der Waals surface area contributed by atoms with Crippen LogP contribution >= 0.6 is 0 Å². The average molecular weight is 266 g/mol. The third-order valence-electron chi connectivity index (χ3n) is 3.96. The van der Waals surface area contributed by atoms with Crippen molar-refractivity contribution in [1.29, 1.82) is 0 Å². The molecule has 0 heterocycles. The van der Waals surface area contributed by atoms with E-state index in [1.807, 2.05) is 0 Å². The van der Waals surface area contributed by atoms with E-state index in [9.17, 15) is 9.90 Å². The molecule has 0 bridgehead atoms. The normalized spacial score (nSPS) is 19.3. The molecule has 0 aromatic rings. The smallest absolute Gasteiger partial charge is 0.158 e. The second-order valence-corrected chi connectivity index (χ2v) is 5.80. The van der Waals surface area contributed by atoms with E-state index in [1.54, 1.807) is 6.08 Å². The maximum atomic E-state index is 11.4. The fourth-order valence-electron chi connectivity index (χ4n) is 2.72. The summed E-state index contributed by atoms with van der Waals surface area (Å²) >= 11 is 0. The number of hydrogen-bond donors (Lipinski definition) is 1. The Balaban J connectivity index is 1.98. The molecule has 1 saturated carbocycles. The molecule has 1 rings (SSSR count). The third-order valence-corrected chi connectivity index (χ3v) is 3.96. The summed E-state index contributed by atoms with van der Waals surface area (Å²) in [6.07, 6.45) is 15.0. The minimum atomic E-state index is -0.405. The molecule has 0 saturated heterocycles. The Morgan fingerprint density at radius 1 is 1.05 bits per heavy atom. The molecule has 110 valence electrons.